The van der Waals surface area contributed by atoms with E-state index in [0.29, 0.717) is 12.6 Å². The lowest BCUT2D eigenvalue weighted by molar-refractivity contribution is 0.215. The Labute approximate surface area is 148 Å². The minimum atomic E-state index is 0.384. The average Bonchev–Trinajstić information content (AvgIpc) is 2.61. The first-order valence-corrected chi connectivity index (χ1v) is 9.61. The van der Waals surface area contributed by atoms with E-state index in [1.54, 1.807) is 0 Å². The van der Waals surface area contributed by atoms with Gasteiger partial charge in [0.1, 0.15) is 5.75 Å². The van der Waals surface area contributed by atoms with Crippen LogP contribution in [0, 0.1) is 0 Å². The highest BCUT2D eigenvalue weighted by Gasteiger charge is 2.18. The van der Waals surface area contributed by atoms with Gasteiger partial charge in [-0.2, -0.15) is 0 Å². The Morgan fingerprint density at radius 1 is 1.21 bits per heavy atom. The molecule has 24 heavy (non-hydrogen) atoms. The number of benzene rings is 1. The van der Waals surface area contributed by atoms with Crippen molar-refractivity contribution < 1.29 is 4.74 Å². The Morgan fingerprint density at radius 2 is 1.96 bits per heavy atom. The molecule has 1 aliphatic rings. The van der Waals surface area contributed by atoms with Crippen molar-refractivity contribution in [3.8, 4) is 5.75 Å². The lowest BCUT2D eigenvalue weighted by Gasteiger charge is -2.30. The molecule has 0 bridgehead atoms. The molecule has 0 amide bonds. The first-order chi connectivity index (χ1) is 11.7. The smallest absolute Gasteiger partial charge is 0.123 e. The third kappa shape index (κ3) is 5.20. The highest BCUT2D eigenvalue weighted by atomic mass is 16.5. The molecule has 0 radical (unpaired) electrons. The van der Waals surface area contributed by atoms with Gasteiger partial charge in [-0.15, -0.1) is 0 Å². The third-order valence-corrected chi connectivity index (χ3v) is 5.08. The van der Waals surface area contributed by atoms with E-state index in [-0.39, 0.29) is 0 Å². The lowest BCUT2D eigenvalue weighted by atomic mass is 10.0. The maximum Gasteiger partial charge on any atom is 0.123 e. The predicted molar refractivity (Wildman–Crippen MR) is 101 cm³/mol. The molecule has 1 saturated heterocycles. The Balaban J connectivity index is 2.18. The number of ether oxygens (including phenoxy) is 1. The number of rotatable bonds is 9. The van der Waals surface area contributed by atoms with Gasteiger partial charge >= 0.3 is 0 Å². The fraction of sp³-hybridized carbons (Fsp3) is 0.700. The monoisotopic (exact) mass is 333 g/mol. The Kier molecular flexibility index (Phi) is 8.03. The summed E-state index contributed by atoms with van der Waals surface area (Å²) < 4.78 is 5.89. The second-order valence-corrected chi connectivity index (χ2v) is 6.73. The summed E-state index contributed by atoms with van der Waals surface area (Å²) in [5.41, 5.74) is 8.46. The molecule has 4 heteroatoms. The van der Waals surface area contributed by atoms with Gasteiger partial charge in [0.2, 0.25) is 0 Å². The summed E-state index contributed by atoms with van der Waals surface area (Å²) in [6.45, 7) is 13.3. The van der Waals surface area contributed by atoms with Gasteiger partial charge < -0.3 is 10.5 Å². The Bertz CT molecular complexity index is 486. The summed E-state index contributed by atoms with van der Waals surface area (Å²) in [5, 5.41) is 0. The Morgan fingerprint density at radius 3 is 2.58 bits per heavy atom. The summed E-state index contributed by atoms with van der Waals surface area (Å²) in [7, 11) is 0. The molecule has 1 fully saturated rings. The van der Waals surface area contributed by atoms with Crippen LogP contribution >= 0.6 is 0 Å². The number of likely N-dealkylation sites (tertiary alicyclic amines) is 1. The van der Waals surface area contributed by atoms with E-state index in [2.05, 4.69) is 48.8 Å². The molecular formula is C20H35N3O. The Hall–Kier alpha value is -1.10. The summed E-state index contributed by atoms with van der Waals surface area (Å²) in [5.74, 6) is 1.04. The first kappa shape index (κ1) is 19.2. The molecule has 1 aliphatic heterocycles. The van der Waals surface area contributed by atoms with Crippen molar-refractivity contribution in [2.45, 2.75) is 52.6 Å². The molecule has 1 unspecified atom stereocenters. The molecule has 1 aromatic carbocycles. The van der Waals surface area contributed by atoms with E-state index < -0.39 is 0 Å². The van der Waals surface area contributed by atoms with Crippen molar-refractivity contribution in [3.63, 3.8) is 0 Å². The van der Waals surface area contributed by atoms with Crippen molar-refractivity contribution in [1.82, 2.24) is 9.80 Å². The van der Waals surface area contributed by atoms with E-state index in [9.17, 15) is 0 Å². The average molecular weight is 334 g/mol. The van der Waals surface area contributed by atoms with Gasteiger partial charge in [-0.05, 0) is 64.0 Å². The maximum atomic E-state index is 5.89. The van der Waals surface area contributed by atoms with E-state index in [4.69, 9.17) is 10.5 Å². The van der Waals surface area contributed by atoms with E-state index >= 15 is 0 Å². The maximum absolute atomic E-state index is 5.89. The normalized spacial score (nSPS) is 17.2. The van der Waals surface area contributed by atoms with Crippen molar-refractivity contribution >= 4 is 0 Å². The van der Waals surface area contributed by atoms with Crippen LogP contribution in [0.3, 0.4) is 0 Å². The lowest BCUT2D eigenvalue weighted by Crippen LogP contribution is -2.32. The molecule has 136 valence electrons. The van der Waals surface area contributed by atoms with Gasteiger partial charge in [0.25, 0.3) is 0 Å². The van der Waals surface area contributed by atoms with Crippen LogP contribution in [0.4, 0.5) is 0 Å². The van der Waals surface area contributed by atoms with E-state index in [1.807, 2.05) is 0 Å². The first-order valence-electron chi connectivity index (χ1n) is 9.61. The number of nitrogens with zero attached hydrogens (tertiary/aromatic N) is 2. The fourth-order valence-corrected chi connectivity index (χ4v) is 3.64. The van der Waals surface area contributed by atoms with Crippen LogP contribution in [0.5, 0.6) is 5.75 Å². The molecule has 0 aliphatic carbocycles. The predicted octanol–water partition coefficient (Wildman–Crippen LogP) is 3.41. The molecule has 0 spiro atoms. The molecule has 2 N–H and O–H groups in total. The van der Waals surface area contributed by atoms with Crippen LogP contribution in [0.25, 0.3) is 0 Å². The number of likely N-dealkylation sites (N-methyl/N-ethyl adjacent to an activating group) is 1. The van der Waals surface area contributed by atoms with Crippen LogP contribution in [0.1, 0.15) is 57.2 Å². The largest absolute Gasteiger partial charge is 0.494 e. The number of hydrogen-bond donors (Lipinski definition) is 1. The zero-order valence-electron chi connectivity index (χ0n) is 15.8. The van der Waals surface area contributed by atoms with Crippen LogP contribution in [0.15, 0.2) is 18.2 Å². The van der Waals surface area contributed by atoms with Gasteiger partial charge in [0, 0.05) is 31.2 Å². The second kappa shape index (κ2) is 10.0. The van der Waals surface area contributed by atoms with Crippen molar-refractivity contribution in [3.05, 3.63) is 29.3 Å². The number of nitrogens with two attached hydrogens (primary N) is 1. The van der Waals surface area contributed by atoms with Crippen molar-refractivity contribution in [2.75, 3.05) is 39.3 Å². The van der Waals surface area contributed by atoms with Gasteiger partial charge in [-0.3, -0.25) is 9.80 Å². The zero-order valence-corrected chi connectivity index (χ0v) is 15.8. The quantitative estimate of drug-likeness (QED) is 0.752. The van der Waals surface area contributed by atoms with Crippen molar-refractivity contribution in [1.29, 1.82) is 0 Å². The highest BCUT2D eigenvalue weighted by molar-refractivity contribution is 5.38. The molecule has 4 nitrogen and oxygen atoms in total. The zero-order chi connectivity index (χ0) is 17.4. The molecule has 1 aromatic rings. The molecule has 1 atom stereocenters. The molecule has 2 rings (SSSR count). The van der Waals surface area contributed by atoms with Crippen LogP contribution < -0.4 is 10.5 Å². The third-order valence-electron chi connectivity index (χ3n) is 5.08. The van der Waals surface area contributed by atoms with Gasteiger partial charge in [-0.25, -0.2) is 0 Å². The summed E-state index contributed by atoms with van der Waals surface area (Å²) in [6.07, 6.45) is 4.01. The van der Waals surface area contributed by atoms with Crippen LogP contribution in [-0.4, -0.2) is 49.1 Å². The molecule has 0 aromatic heterocycles. The minimum Gasteiger partial charge on any atom is -0.494 e. The van der Waals surface area contributed by atoms with Gasteiger partial charge in [0.15, 0.2) is 0 Å². The van der Waals surface area contributed by atoms with Crippen molar-refractivity contribution in [2.24, 2.45) is 5.73 Å². The van der Waals surface area contributed by atoms with Crippen LogP contribution in [0.2, 0.25) is 0 Å². The molecule has 1 heterocycles. The van der Waals surface area contributed by atoms with Gasteiger partial charge in [-0.1, -0.05) is 19.4 Å². The highest BCUT2D eigenvalue weighted by Crippen LogP contribution is 2.28. The van der Waals surface area contributed by atoms with Gasteiger partial charge in [0.05, 0.1) is 6.61 Å². The second-order valence-electron chi connectivity index (χ2n) is 6.73. The summed E-state index contributed by atoms with van der Waals surface area (Å²) >= 11 is 0. The molecular weight excluding hydrogens is 298 g/mol. The topological polar surface area (TPSA) is 41.7 Å². The fourth-order valence-electron chi connectivity index (χ4n) is 3.64. The molecule has 0 saturated carbocycles. The number of hydrogen-bond acceptors (Lipinski definition) is 4. The summed E-state index contributed by atoms with van der Waals surface area (Å²) in [4.78, 5) is 4.99. The van der Waals surface area contributed by atoms with Crippen LogP contribution in [-0.2, 0) is 6.54 Å². The SMILES string of the molecule is CCOc1ccc(C(C)N(CC)CCN)cc1CN1CCCCC1. The van der Waals surface area contributed by atoms with E-state index in [1.165, 1.54) is 43.5 Å². The minimum absolute atomic E-state index is 0.384. The standard InChI is InChI=1S/C20H35N3O/c1-4-23(14-11-21)17(3)18-9-10-20(24-5-2)19(15-18)16-22-12-7-6-8-13-22/h9-10,15,17H,4-8,11-14,16,21H2,1-3H3. The summed E-state index contributed by atoms with van der Waals surface area (Å²) in [6, 6.07) is 7.11. The van der Waals surface area contributed by atoms with E-state index in [0.717, 1.165) is 32.0 Å². The number of piperidine rings is 1.